The second-order valence-electron chi connectivity index (χ2n) is 6.52. The Balaban J connectivity index is 1.67. The number of aromatic nitrogens is 3. The minimum Gasteiger partial charge on any atom is -0.435 e. The fourth-order valence-electron chi connectivity index (χ4n) is 2.85. The van der Waals surface area contributed by atoms with Gasteiger partial charge in [0.15, 0.2) is 11.8 Å². The molecule has 0 bridgehead atoms. The molecule has 2 heterocycles. The number of hydrogen-bond acceptors (Lipinski definition) is 4. The predicted molar refractivity (Wildman–Crippen MR) is 111 cm³/mol. The maximum Gasteiger partial charge on any atom is 0.387 e. The van der Waals surface area contributed by atoms with E-state index in [1.165, 1.54) is 12.1 Å². The van der Waals surface area contributed by atoms with E-state index in [1.807, 2.05) is 43.3 Å². The lowest BCUT2D eigenvalue weighted by Gasteiger charge is -2.22. The first-order valence-electron chi connectivity index (χ1n) is 9.53. The quantitative estimate of drug-likeness (QED) is 0.452. The molecular weight excluding hydrogens is 390 g/mol. The molecule has 0 aliphatic heterocycles. The second kappa shape index (κ2) is 10.3. The Morgan fingerprint density at radius 2 is 2.00 bits per heavy atom. The van der Waals surface area contributed by atoms with Crippen LogP contribution in [0.5, 0.6) is 5.75 Å². The molecule has 0 radical (unpaired) electrons. The summed E-state index contributed by atoms with van der Waals surface area (Å²) in [5.74, 6) is 1.61. The molecule has 0 saturated carbocycles. The summed E-state index contributed by atoms with van der Waals surface area (Å²) in [7, 11) is 1.92. The van der Waals surface area contributed by atoms with Crippen molar-refractivity contribution in [2.24, 2.45) is 4.99 Å². The van der Waals surface area contributed by atoms with E-state index < -0.39 is 6.61 Å². The van der Waals surface area contributed by atoms with E-state index in [-0.39, 0.29) is 5.75 Å². The van der Waals surface area contributed by atoms with Crippen molar-refractivity contribution in [1.82, 2.24) is 25.0 Å². The standard InChI is InChI=1S/C21H24F2N6O/c1-3-24-21(28(2)15-16-5-7-18(8-6-16)30-20(22)23)26-14-17-9-11-25-19(13-17)29-12-4-10-27-29/h4-13,20H,3,14-15H2,1-2H3,(H,24,26). The van der Waals surface area contributed by atoms with Gasteiger partial charge in [-0.05, 0) is 48.4 Å². The molecule has 0 atom stereocenters. The highest BCUT2D eigenvalue weighted by atomic mass is 19.3. The number of aliphatic imine (C=N–C) groups is 1. The molecule has 3 rings (SSSR count). The highest BCUT2D eigenvalue weighted by Crippen LogP contribution is 2.16. The zero-order chi connectivity index (χ0) is 21.3. The van der Waals surface area contributed by atoms with Crippen molar-refractivity contribution < 1.29 is 13.5 Å². The van der Waals surface area contributed by atoms with Crippen LogP contribution in [0, 0.1) is 0 Å². The van der Waals surface area contributed by atoms with Gasteiger partial charge in [-0.25, -0.2) is 14.7 Å². The fraction of sp³-hybridized carbons (Fsp3) is 0.286. The molecular formula is C21H24F2N6O. The van der Waals surface area contributed by atoms with Crippen LogP contribution in [0.2, 0.25) is 0 Å². The van der Waals surface area contributed by atoms with Crippen LogP contribution in [-0.4, -0.2) is 45.8 Å². The fourth-order valence-corrected chi connectivity index (χ4v) is 2.85. The molecule has 9 heteroatoms. The molecule has 0 amide bonds. The summed E-state index contributed by atoms with van der Waals surface area (Å²) in [5.41, 5.74) is 1.96. The monoisotopic (exact) mass is 414 g/mol. The van der Waals surface area contributed by atoms with E-state index in [1.54, 1.807) is 29.2 Å². The summed E-state index contributed by atoms with van der Waals surface area (Å²) in [4.78, 5) is 11.0. The van der Waals surface area contributed by atoms with Crippen LogP contribution in [0.15, 0.2) is 66.0 Å². The van der Waals surface area contributed by atoms with E-state index in [4.69, 9.17) is 4.99 Å². The van der Waals surface area contributed by atoms with E-state index >= 15 is 0 Å². The minimum atomic E-state index is -2.83. The molecule has 30 heavy (non-hydrogen) atoms. The van der Waals surface area contributed by atoms with E-state index in [0.29, 0.717) is 13.1 Å². The number of rotatable bonds is 8. The van der Waals surface area contributed by atoms with Gasteiger partial charge in [0.05, 0.1) is 6.54 Å². The lowest BCUT2D eigenvalue weighted by molar-refractivity contribution is -0.0498. The average Bonchev–Trinajstić information content (AvgIpc) is 3.27. The van der Waals surface area contributed by atoms with Gasteiger partial charge < -0.3 is 15.0 Å². The SMILES string of the molecule is CCNC(=NCc1ccnc(-n2cccn2)c1)N(C)Cc1ccc(OC(F)F)cc1. The number of benzene rings is 1. The zero-order valence-corrected chi connectivity index (χ0v) is 16.9. The smallest absolute Gasteiger partial charge is 0.387 e. The first kappa shape index (κ1) is 21.2. The second-order valence-corrected chi connectivity index (χ2v) is 6.52. The van der Waals surface area contributed by atoms with Gasteiger partial charge >= 0.3 is 6.61 Å². The van der Waals surface area contributed by atoms with Crippen molar-refractivity contribution in [1.29, 1.82) is 0 Å². The van der Waals surface area contributed by atoms with Crippen molar-refractivity contribution in [2.45, 2.75) is 26.6 Å². The molecule has 0 saturated heterocycles. The third-order valence-corrected chi connectivity index (χ3v) is 4.23. The van der Waals surface area contributed by atoms with E-state index in [2.05, 4.69) is 20.1 Å². The Hall–Kier alpha value is -3.49. The van der Waals surface area contributed by atoms with Crippen LogP contribution in [0.25, 0.3) is 5.82 Å². The summed E-state index contributed by atoms with van der Waals surface area (Å²) in [6.45, 7) is 0.940. The molecule has 0 spiro atoms. The van der Waals surface area contributed by atoms with Gasteiger partial charge in [-0.1, -0.05) is 12.1 Å². The van der Waals surface area contributed by atoms with Crippen molar-refractivity contribution in [3.63, 3.8) is 0 Å². The Labute approximate surface area is 174 Å². The number of nitrogens with one attached hydrogen (secondary N) is 1. The Kier molecular flexibility index (Phi) is 7.31. The first-order chi connectivity index (χ1) is 14.5. The van der Waals surface area contributed by atoms with E-state index in [9.17, 15) is 8.78 Å². The maximum absolute atomic E-state index is 12.3. The van der Waals surface area contributed by atoms with Gasteiger partial charge in [-0.15, -0.1) is 0 Å². The Morgan fingerprint density at radius 1 is 1.20 bits per heavy atom. The number of ether oxygens (including phenoxy) is 1. The van der Waals surface area contributed by atoms with Crippen molar-refractivity contribution >= 4 is 5.96 Å². The topological polar surface area (TPSA) is 67.6 Å². The Morgan fingerprint density at radius 3 is 2.67 bits per heavy atom. The molecule has 158 valence electrons. The van der Waals surface area contributed by atoms with E-state index in [0.717, 1.165) is 29.4 Å². The molecule has 1 N–H and O–H groups in total. The summed E-state index contributed by atoms with van der Waals surface area (Å²) in [5, 5.41) is 7.47. The number of nitrogens with zero attached hydrogens (tertiary/aromatic N) is 5. The average molecular weight is 414 g/mol. The summed E-state index contributed by atoms with van der Waals surface area (Å²) in [6, 6.07) is 12.3. The van der Waals surface area contributed by atoms with Crippen molar-refractivity contribution in [3.8, 4) is 11.6 Å². The van der Waals surface area contributed by atoms with Crippen molar-refractivity contribution in [3.05, 3.63) is 72.2 Å². The normalized spacial score (nSPS) is 11.6. The molecule has 0 aliphatic rings. The summed E-state index contributed by atoms with van der Waals surface area (Å²) < 4.78 is 30.7. The highest BCUT2D eigenvalue weighted by molar-refractivity contribution is 5.79. The van der Waals surface area contributed by atoms with Gasteiger partial charge in [0.1, 0.15) is 5.75 Å². The van der Waals surface area contributed by atoms with Gasteiger partial charge in [0.2, 0.25) is 0 Å². The largest absolute Gasteiger partial charge is 0.435 e. The summed E-state index contributed by atoms with van der Waals surface area (Å²) >= 11 is 0. The third-order valence-electron chi connectivity index (χ3n) is 4.23. The van der Waals surface area contributed by atoms with Crippen LogP contribution in [0.3, 0.4) is 0 Å². The number of halogens is 2. The van der Waals surface area contributed by atoms with Crippen LogP contribution < -0.4 is 10.1 Å². The van der Waals surface area contributed by atoms with Gasteiger partial charge in [-0.3, -0.25) is 0 Å². The maximum atomic E-state index is 12.3. The molecule has 7 nitrogen and oxygen atoms in total. The minimum absolute atomic E-state index is 0.141. The number of alkyl halides is 2. The first-order valence-corrected chi connectivity index (χ1v) is 9.53. The zero-order valence-electron chi connectivity index (χ0n) is 16.9. The molecule has 2 aromatic heterocycles. The lowest BCUT2D eigenvalue weighted by atomic mass is 10.2. The number of pyridine rings is 1. The highest BCUT2D eigenvalue weighted by Gasteiger charge is 2.09. The third kappa shape index (κ3) is 6.00. The molecule has 3 aromatic rings. The summed E-state index contributed by atoms with van der Waals surface area (Å²) in [6.07, 6.45) is 5.28. The van der Waals surface area contributed by atoms with Crippen LogP contribution >= 0.6 is 0 Å². The molecule has 0 fully saturated rings. The molecule has 0 aliphatic carbocycles. The van der Waals surface area contributed by atoms with Crippen LogP contribution in [0.1, 0.15) is 18.1 Å². The van der Waals surface area contributed by atoms with Crippen LogP contribution in [-0.2, 0) is 13.1 Å². The molecule has 0 unspecified atom stereocenters. The predicted octanol–water partition coefficient (Wildman–Crippen LogP) is 3.47. The van der Waals surface area contributed by atoms with Gasteiger partial charge in [0, 0.05) is 38.7 Å². The Bertz CT molecular complexity index is 944. The van der Waals surface area contributed by atoms with Gasteiger partial charge in [-0.2, -0.15) is 13.9 Å². The number of guanidine groups is 1. The van der Waals surface area contributed by atoms with Crippen LogP contribution in [0.4, 0.5) is 8.78 Å². The van der Waals surface area contributed by atoms with Gasteiger partial charge in [0.25, 0.3) is 0 Å². The lowest BCUT2D eigenvalue weighted by Crippen LogP contribution is -2.38. The van der Waals surface area contributed by atoms with Crippen molar-refractivity contribution in [2.75, 3.05) is 13.6 Å². The number of hydrogen-bond donors (Lipinski definition) is 1. The molecule has 1 aromatic carbocycles.